The van der Waals surface area contributed by atoms with Crippen molar-refractivity contribution in [2.45, 2.75) is 36.7 Å². The van der Waals surface area contributed by atoms with Crippen molar-refractivity contribution in [1.82, 2.24) is 24.6 Å². The highest BCUT2D eigenvalue weighted by atomic mass is 32.2. The molecule has 1 aliphatic heterocycles. The quantitative estimate of drug-likeness (QED) is 0.368. The first kappa shape index (κ1) is 19.5. The zero-order chi connectivity index (χ0) is 20.2. The first-order valence-corrected chi connectivity index (χ1v) is 12.1. The molecule has 0 atom stereocenters. The molecule has 0 radical (unpaired) electrons. The van der Waals surface area contributed by atoms with E-state index in [4.69, 9.17) is 4.42 Å². The van der Waals surface area contributed by atoms with Crippen molar-refractivity contribution in [3.05, 3.63) is 65.6 Å². The number of aromatic nitrogens is 4. The van der Waals surface area contributed by atoms with Crippen molar-refractivity contribution in [1.29, 1.82) is 0 Å². The number of para-hydroxylation sites is 1. The molecule has 0 spiro atoms. The van der Waals surface area contributed by atoms with Crippen LogP contribution < -0.4 is 0 Å². The first-order chi connectivity index (χ1) is 14.9. The molecule has 0 bridgehead atoms. The van der Waals surface area contributed by atoms with E-state index in [0.29, 0.717) is 11.6 Å². The van der Waals surface area contributed by atoms with E-state index in [2.05, 4.69) is 48.9 Å². The summed E-state index contributed by atoms with van der Waals surface area (Å²) in [6.07, 6.45) is 5.59. The highest BCUT2D eigenvalue weighted by Crippen LogP contribution is 2.28. The summed E-state index contributed by atoms with van der Waals surface area (Å²) in [7, 11) is 0. The van der Waals surface area contributed by atoms with Gasteiger partial charge in [0, 0.05) is 11.4 Å². The molecule has 1 fully saturated rings. The molecule has 1 aliphatic rings. The van der Waals surface area contributed by atoms with Crippen LogP contribution in [0.2, 0.25) is 0 Å². The van der Waals surface area contributed by atoms with Crippen molar-refractivity contribution in [2.75, 3.05) is 13.1 Å². The van der Waals surface area contributed by atoms with E-state index in [1.54, 1.807) is 29.4 Å². The van der Waals surface area contributed by atoms with Gasteiger partial charge in [0.1, 0.15) is 6.26 Å². The van der Waals surface area contributed by atoms with Gasteiger partial charge in [-0.2, -0.15) is 0 Å². The van der Waals surface area contributed by atoms with E-state index < -0.39 is 0 Å². The third-order valence-electron chi connectivity index (χ3n) is 5.16. The number of rotatable bonds is 7. The molecule has 6 nitrogen and oxygen atoms in total. The number of nitrogens with zero attached hydrogens (tertiary/aromatic N) is 5. The second kappa shape index (κ2) is 9.16. The number of hydrogen-bond donors (Lipinski definition) is 0. The molecule has 0 N–H and O–H groups in total. The zero-order valence-corrected chi connectivity index (χ0v) is 18.2. The van der Waals surface area contributed by atoms with Crippen molar-refractivity contribution >= 4 is 23.1 Å². The van der Waals surface area contributed by atoms with Gasteiger partial charge in [0.05, 0.1) is 17.1 Å². The van der Waals surface area contributed by atoms with Crippen LogP contribution in [0.25, 0.3) is 16.5 Å². The molecule has 8 heteroatoms. The Morgan fingerprint density at radius 3 is 2.67 bits per heavy atom. The summed E-state index contributed by atoms with van der Waals surface area (Å²) < 4.78 is 7.83. The molecule has 30 heavy (non-hydrogen) atoms. The Morgan fingerprint density at radius 2 is 1.87 bits per heavy atom. The van der Waals surface area contributed by atoms with Gasteiger partial charge in [-0.25, -0.2) is 4.98 Å². The van der Waals surface area contributed by atoms with Crippen LogP contribution in [0.3, 0.4) is 0 Å². The second-order valence-electron chi connectivity index (χ2n) is 7.32. The average Bonchev–Trinajstić information content (AvgIpc) is 3.54. The van der Waals surface area contributed by atoms with Crippen molar-refractivity contribution in [2.24, 2.45) is 0 Å². The third kappa shape index (κ3) is 4.35. The van der Waals surface area contributed by atoms with Gasteiger partial charge in [0.2, 0.25) is 5.89 Å². The van der Waals surface area contributed by atoms with Gasteiger partial charge in [-0.15, -0.1) is 21.5 Å². The molecule has 0 amide bonds. The summed E-state index contributed by atoms with van der Waals surface area (Å²) in [6, 6.07) is 14.4. The second-order valence-corrected chi connectivity index (χ2v) is 9.21. The summed E-state index contributed by atoms with van der Waals surface area (Å²) in [5.41, 5.74) is 2.00. The Morgan fingerprint density at radius 1 is 1.00 bits per heavy atom. The van der Waals surface area contributed by atoms with Gasteiger partial charge in [0.15, 0.2) is 11.0 Å². The molecule has 3 aromatic heterocycles. The van der Waals surface area contributed by atoms with E-state index in [1.807, 2.05) is 23.6 Å². The smallest absolute Gasteiger partial charge is 0.236 e. The summed E-state index contributed by atoms with van der Waals surface area (Å²) in [6.45, 7) is 3.10. The lowest BCUT2D eigenvalue weighted by molar-refractivity contribution is 0.214. The number of oxazole rings is 1. The molecule has 0 aliphatic carbocycles. The molecule has 154 valence electrons. The zero-order valence-electron chi connectivity index (χ0n) is 16.6. The van der Waals surface area contributed by atoms with Crippen molar-refractivity contribution in [3.8, 4) is 16.5 Å². The highest BCUT2D eigenvalue weighted by Gasteiger charge is 2.19. The van der Waals surface area contributed by atoms with E-state index in [9.17, 15) is 0 Å². The molecule has 5 rings (SSSR count). The summed E-state index contributed by atoms with van der Waals surface area (Å²) in [5, 5.41) is 12.0. The fourth-order valence-electron chi connectivity index (χ4n) is 3.68. The molecule has 1 saturated heterocycles. The molecular weight excluding hydrogens is 414 g/mol. The van der Waals surface area contributed by atoms with Crippen LogP contribution in [-0.4, -0.2) is 37.7 Å². The Bertz CT molecular complexity index is 1070. The van der Waals surface area contributed by atoms with Gasteiger partial charge >= 0.3 is 0 Å². The highest BCUT2D eigenvalue weighted by molar-refractivity contribution is 7.98. The van der Waals surface area contributed by atoms with E-state index in [1.165, 1.54) is 19.3 Å². The Balaban J connectivity index is 1.36. The fraction of sp³-hybridized carbons (Fsp3) is 0.318. The van der Waals surface area contributed by atoms with Crippen LogP contribution in [0.5, 0.6) is 0 Å². The molecule has 4 heterocycles. The van der Waals surface area contributed by atoms with Gasteiger partial charge in [-0.3, -0.25) is 9.47 Å². The Labute approximate surface area is 184 Å². The number of likely N-dealkylation sites (tertiary alicyclic amines) is 1. The minimum absolute atomic E-state index is 0.677. The largest absolute Gasteiger partial charge is 0.444 e. The lowest BCUT2D eigenvalue weighted by Crippen LogP contribution is -2.30. The van der Waals surface area contributed by atoms with Crippen molar-refractivity contribution in [3.63, 3.8) is 0 Å². The lowest BCUT2D eigenvalue weighted by Gasteiger charge is -2.26. The van der Waals surface area contributed by atoms with Gasteiger partial charge in [0.25, 0.3) is 0 Å². The number of thioether (sulfide) groups is 1. The maximum atomic E-state index is 5.65. The number of hydrogen-bond acceptors (Lipinski definition) is 7. The number of thiophene rings is 1. The Kier molecular flexibility index (Phi) is 5.96. The topological polar surface area (TPSA) is 60.0 Å². The SMILES string of the molecule is c1ccc(-n2c(CN3CCCCC3)nnc2SCc2coc(-c3cccs3)n2)cc1. The van der Waals surface area contributed by atoms with Crippen molar-refractivity contribution < 1.29 is 4.42 Å². The Hall–Kier alpha value is -2.42. The molecule has 0 saturated carbocycles. The monoisotopic (exact) mass is 437 g/mol. The predicted molar refractivity (Wildman–Crippen MR) is 120 cm³/mol. The molecule has 1 aromatic carbocycles. The fourth-order valence-corrected chi connectivity index (χ4v) is 5.18. The third-order valence-corrected chi connectivity index (χ3v) is 6.98. The summed E-state index contributed by atoms with van der Waals surface area (Å²) in [4.78, 5) is 8.15. The predicted octanol–water partition coefficient (Wildman–Crippen LogP) is 5.26. The van der Waals surface area contributed by atoms with Gasteiger partial charge in [-0.05, 0) is 49.5 Å². The van der Waals surface area contributed by atoms with Crippen LogP contribution in [0.15, 0.2) is 63.7 Å². The number of piperidine rings is 1. The number of benzene rings is 1. The maximum Gasteiger partial charge on any atom is 0.236 e. The lowest BCUT2D eigenvalue weighted by atomic mass is 10.1. The minimum atomic E-state index is 0.677. The van der Waals surface area contributed by atoms with E-state index >= 15 is 0 Å². The van der Waals surface area contributed by atoms with E-state index in [0.717, 1.165) is 46.9 Å². The maximum absolute atomic E-state index is 5.65. The summed E-state index contributed by atoms with van der Waals surface area (Å²) in [5.74, 6) is 2.35. The normalized spacial score (nSPS) is 14.9. The summed E-state index contributed by atoms with van der Waals surface area (Å²) >= 11 is 3.27. The van der Waals surface area contributed by atoms with Crippen LogP contribution in [0.1, 0.15) is 30.8 Å². The molecule has 4 aromatic rings. The van der Waals surface area contributed by atoms with Crippen LogP contribution in [-0.2, 0) is 12.3 Å². The van der Waals surface area contributed by atoms with Gasteiger partial charge < -0.3 is 4.42 Å². The van der Waals surface area contributed by atoms with Gasteiger partial charge in [-0.1, -0.05) is 42.4 Å². The molecular formula is C22H23N5OS2. The van der Waals surface area contributed by atoms with E-state index in [-0.39, 0.29) is 0 Å². The van der Waals surface area contributed by atoms with Crippen LogP contribution in [0.4, 0.5) is 0 Å². The standard InChI is InChI=1S/C22H23N5OS2/c1-3-8-18(9-4-1)27-20(14-26-11-5-2-6-12-26)24-25-22(27)30-16-17-15-28-21(23-17)19-10-7-13-29-19/h1,3-4,7-10,13,15H,2,5-6,11-12,14,16H2. The average molecular weight is 438 g/mol. The first-order valence-electron chi connectivity index (χ1n) is 10.2. The van der Waals surface area contributed by atoms with Crippen LogP contribution >= 0.6 is 23.1 Å². The van der Waals surface area contributed by atoms with Crippen LogP contribution in [0, 0.1) is 0 Å². The minimum Gasteiger partial charge on any atom is -0.444 e. The molecule has 0 unspecified atom stereocenters.